The van der Waals surface area contributed by atoms with Crippen molar-refractivity contribution in [3.05, 3.63) is 69.0 Å². The highest BCUT2D eigenvalue weighted by molar-refractivity contribution is 9.09. The van der Waals surface area contributed by atoms with Gasteiger partial charge in [0.1, 0.15) is 5.82 Å². The molecule has 0 bridgehead atoms. The minimum Gasteiger partial charge on any atom is -0.206 e. The molecule has 1 unspecified atom stereocenters. The lowest BCUT2D eigenvalue weighted by Gasteiger charge is -2.16. The first-order chi connectivity index (χ1) is 8.91. The van der Waals surface area contributed by atoms with Crippen LogP contribution >= 0.6 is 27.5 Å². The minimum atomic E-state index is -0.164. The van der Waals surface area contributed by atoms with Gasteiger partial charge in [0.05, 0.1) is 4.83 Å². The van der Waals surface area contributed by atoms with Crippen molar-refractivity contribution in [2.45, 2.75) is 25.6 Å². The van der Waals surface area contributed by atoms with Gasteiger partial charge >= 0.3 is 0 Å². The van der Waals surface area contributed by atoms with Gasteiger partial charge in [-0.05, 0) is 49.1 Å². The predicted molar refractivity (Wildman–Crippen MR) is 82.8 cm³/mol. The van der Waals surface area contributed by atoms with E-state index in [0.717, 1.165) is 21.7 Å². The van der Waals surface area contributed by atoms with E-state index < -0.39 is 0 Å². The minimum absolute atomic E-state index is 0.156. The summed E-state index contributed by atoms with van der Waals surface area (Å²) in [6.45, 7) is 5.72. The van der Waals surface area contributed by atoms with Gasteiger partial charge < -0.3 is 0 Å². The zero-order valence-electron chi connectivity index (χ0n) is 11.1. The smallest absolute Gasteiger partial charge is 0.130 e. The summed E-state index contributed by atoms with van der Waals surface area (Å²) in [7, 11) is 0. The Bertz CT molecular complexity index is 622. The van der Waals surface area contributed by atoms with E-state index in [1.807, 2.05) is 38.1 Å². The molecule has 0 fully saturated rings. The second-order valence-electron chi connectivity index (χ2n) is 4.80. The van der Waals surface area contributed by atoms with Gasteiger partial charge in [-0.1, -0.05) is 51.8 Å². The summed E-state index contributed by atoms with van der Waals surface area (Å²) in [5.41, 5.74) is 4.42. The largest absolute Gasteiger partial charge is 0.206 e. The topological polar surface area (TPSA) is 0 Å². The van der Waals surface area contributed by atoms with Crippen LogP contribution in [0.1, 0.15) is 32.6 Å². The average molecular weight is 342 g/mol. The van der Waals surface area contributed by atoms with Crippen LogP contribution in [0.3, 0.4) is 0 Å². The van der Waals surface area contributed by atoms with E-state index in [2.05, 4.69) is 15.9 Å². The number of aryl methyl sites for hydroxylation is 3. The molecule has 0 heterocycles. The number of hydrogen-bond donors (Lipinski definition) is 0. The third-order valence-corrected chi connectivity index (χ3v) is 4.71. The maximum Gasteiger partial charge on any atom is 0.130 e. The molecule has 0 spiro atoms. The molecule has 0 saturated heterocycles. The lowest BCUT2D eigenvalue weighted by atomic mass is 9.97. The predicted octanol–water partition coefficient (Wildman–Crippen LogP) is 5.89. The quantitative estimate of drug-likeness (QED) is 0.598. The summed E-state index contributed by atoms with van der Waals surface area (Å²) >= 11 is 9.71. The van der Waals surface area contributed by atoms with E-state index in [1.54, 1.807) is 13.0 Å². The zero-order valence-corrected chi connectivity index (χ0v) is 13.4. The molecule has 1 atom stereocenters. The van der Waals surface area contributed by atoms with Crippen molar-refractivity contribution in [3.8, 4) is 0 Å². The first-order valence-corrected chi connectivity index (χ1v) is 7.37. The number of hydrogen-bond acceptors (Lipinski definition) is 0. The third kappa shape index (κ3) is 2.85. The summed E-state index contributed by atoms with van der Waals surface area (Å²) in [5, 5.41) is 0.741. The number of alkyl halides is 1. The molecule has 2 aromatic carbocycles. The number of halogens is 3. The fraction of sp³-hybridized carbons (Fsp3) is 0.250. The van der Waals surface area contributed by atoms with Gasteiger partial charge in [-0.3, -0.25) is 0 Å². The fourth-order valence-electron chi connectivity index (χ4n) is 2.11. The van der Waals surface area contributed by atoms with Gasteiger partial charge in [-0.25, -0.2) is 4.39 Å². The van der Waals surface area contributed by atoms with Crippen molar-refractivity contribution in [2.24, 2.45) is 0 Å². The second kappa shape index (κ2) is 5.64. The van der Waals surface area contributed by atoms with Crippen LogP contribution in [0.4, 0.5) is 4.39 Å². The molecule has 2 rings (SSSR count). The Hall–Kier alpha value is -0.860. The molecule has 19 heavy (non-hydrogen) atoms. The number of rotatable bonds is 2. The zero-order chi connectivity index (χ0) is 14.2. The molecule has 0 aliphatic heterocycles. The van der Waals surface area contributed by atoms with Gasteiger partial charge in [-0.15, -0.1) is 0 Å². The van der Waals surface area contributed by atoms with Gasteiger partial charge in [0.25, 0.3) is 0 Å². The van der Waals surface area contributed by atoms with E-state index in [1.165, 1.54) is 0 Å². The van der Waals surface area contributed by atoms with Crippen LogP contribution in [0.15, 0.2) is 30.3 Å². The molecule has 0 amide bonds. The van der Waals surface area contributed by atoms with Crippen LogP contribution in [0.25, 0.3) is 0 Å². The maximum absolute atomic E-state index is 14.2. The molecule has 0 aromatic heterocycles. The third-order valence-electron chi connectivity index (χ3n) is 3.32. The Morgan fingerprint density at radius 3 is 2.37 bits per heavy atom. The molecule has 0 aliphatic carbocycles. The van der Waals surface area contributed by atoms with Crippen LogP contribution in [-0.2, 0) is 0 Å². The highest BCUT2D eigenvalue weighted by atomic mass is 79.9. The molecule has 0 nitrogen and oxygen atoms in total. The molecule has 100 valence electrons. The summed E-state index contributed by atoms with van der Waals surface area (Å²) < 4.78 is 14.2. The number of benzene rings is 2. The highest BCUT2D eigenvalue weighted by Gasteiger charge is 2.18. The SMILES string of the molecule is Cc1cc(C(Br)c2cccc(C)c2F)c(C)cc1Cl. The lowest BCUT2D eigenvalue weighted by Crippen LogP contribution is -2.01. The van der Waals surface area contributed by atoms with Crippen LogP contribution in [0.5, 0.6) is 0 Å². The van der Waals surface area contributed by atoms with E-state index in [-0.39, 0.29) is 10.6 Å². The first-order valence-electron chi connectivity index (χ1n) is 6.07. The van der Waals surface area contributed by atoms with Crippen molar-refractivity contribution >= 4 is 27.5 Å². The van der Waals surface area contributed by atoms with E-state index >= 15 is 0 Å². The van der Waals surface area contributed by atoms with Crippen LogP contribution in [0.2, 0.25) is 5.02 Å². The molecular weight excluding hydrogens is 327 g/mol. The van der Waals surface area contributed by atoms with Crippen LogP contribution < -0.4 is 0 Å². The summed E-state index contributed by atoms with van der Waals surface area (Å²) in [4.78, 5) is -0.164. The van der Waals surface area contributed by atoms with Gasteiger partial charge in [-0.2, -0.15) is 0 Å². The Kier molecular flexibility index (Phi) is 4.32. The summed E-state index contributed by atoms with van der Waals surface area (Å²) in [6.07, 6.45) is 0. The lowest BCUT2D eigenvalue weighted by molar-refractivity contribution is 0.604. The average Bonchev–Trinajstić information content (AvgIpc) is 2.36. The Labute approximate surface area is 126 Å². The van der Waals surface area contributed by atoms with Crippen molar-refractivity contribution in [1.82, 2.24) is 0 Å². The van der Waals surface area contributed by atoms with Gasteiger partial charge in [0.15, 0.2) is 0 Å². The summed E-state index contributed by atoms with van der Waals surface area (Å²) in [6, 6.07) is 9.40. The standard InChI is InChI=1S/C16H15BrClF/c1-9-5-4-6-12(16(9)19)15(17)13-7-11(3)14(18)8-10(13)2/h4-8,15H,1-3H3. The van der Waals surface area contributed by atoms with Crippen molar-refractivity contribution < 1.29 is 4.39 Å². The van der Waals surface area contributed by atoms with Crippen LogP contribution in [0, 0.1) is 26.6 Å². The second-order valence-corrected chi connectivity index (χ2v) is 6.12. The summed E-state index contributed by atoms with van der Waals surface area (Å²) in [5.74, 6) is -0.156. The van der Waals surface area contributed by atoms with E-state index in [0.29, 0.717) is 11.1 Å². The maximum atomic E-state index is 14.2. The molecule has 0 N–H and O–H groups in total. The normalized spacial score (nSPS) is 12.5. The van der Waals surface area contributed by atoms with E-state index in [4.69, 9.17) is 11.6 Å². The molecule has 0 saturated carbocycles. The molecule has 2 aromatic rings. The van der Waals surface area contributed by atoms with E-state index in [9.17, 15) is 4.39 Å². The Morgan fingerprint density at radius 2 is 1.68 bits per heavy atom. The monoisotopic (exact) mass is 340 g/mol. The van der Waals surface area contributed by atoms with Gasteiger partial charge in [0.2, 0.25) is 0 Å². The first kappa shape index (κ1) is 14.5. The van der Waals surface area contributed by atoms with Crippen molar-refractivity contribution in [2.75, 3.05) is 0 Å². The Balaban J connectivity index is 2.53. The van der Waals surface area contributed by atoms with Crippen molar-refractivity contribution in [1.29, 1.82) is 0 Å². The Morgan fingerprint density at radius 1 is 1.00 bits per heavy atom. The molecule has 0 aliphatic rings. The molecular formula is C16H15BrClF. The van der Waals surface area contributed by atoms with Crippen LogP contribution in [-0.4, -0.2) is 0 Å². The molecule has 3 heteroatoms. The highest BCUT2D eigenvalue weighted by Crippen LogP contribution is 2.36. The van der Waals surface area contributed by atoms with Crippen molar-refractivity contribution in [3.63, 3.8) is 0 Å². The van der Waals surface area contributed by atoms with Gasteiger partial charge in [0, 0.05) is 10.6 Å². The molecule has 0 radical (unpaired) electrons. The fourth-order valence-corrected chi connectivity index (χ4v) is 3.17.